The number of hydrogen-bond donors (Lipinski definition) is 2. The number of ether oxygens (including phenoxy) is 2. The van der Waals surface area contributed by atoms with Crippen molar-refractivity contribution >= 4 is 40.3 Å². The molecule has 1 aliphatic rings. The fraction of sp³-hybridized carbons (Fsp3) is 0.346. The van der Waals surface area contributed by atoms with Gasteiger partial charge in [-0.25, -0.2) is 14.0 Å². The zero-order valence-corrected chi connectivity index (χ0v) is 21.2. The van der Waals surface area contributed by atoms with E-state index in [0.717, 1.165) is 0 Å². The maximum absolute atomic E-state index is 15.1. The number of halogens is 2. The number of benzene rings is 2. The minimum atomic E-state index is -1.40. The number of aromatic nitrogens is 1. The van der Waals surface area contributed by atoms with Crippen molar-refractivity contribution < 1.29 is 33.7 Å². The number of rotatable bonds is 8. The number of cyclic esters (lactones) is 1. The highest BCUT2D eigenvalue weighted by Crippen LogP contribution is 2.34. The first-order valence-corrected chi connectivity index (χ1v) is 12.0. The highest BCUT2D eigenvalue weighted by Gasteiger charge is 2.26. The first-order valence-electron chi connectivity index (χ1n) is 11.6. The van der Waals surface area contributed by atoms with Crippen LogP contribution < -0.4 is 15.1 Å². The first kappa shape index (κ1) is 26.4. The van der Waals surface area contributed by atoms with E-state index in [4.69, 9.17) is 21.1 Å². The number of anilines is 1. The molecule has 1 amide bonds. The van der Waals surface area contributed by atoms with Crippen LogP contribution in [0.2, 0.25) is 5.02 Å². The molecule has 0 saturated carbocycles. The van der Waals surface area contributed by atoms with Gasteiger partial charge in [0.1, 0.15) is 23.7 Å². The molecule has 1 aliphatic heterocycles. The third kappa shape index (κ3) is 4.86. The van der Waals surface area contributed by atoms with Gasteiger partial charge < -0.3 is 24.3 Å². The van der Waals surface area contributed by atoms with Crippen LogP contribution in [0.25, 0.3) is 10.9 Å². The van der Waals surface area contributed by atoms with Gasteiger partial charge in [0.05, 0.1) is 36.8 Å². The van der Waals surface area contributed by atoms with Crippen LogP contribution in [-0.2, 0) is 11.2 Å². The Morgan fingerprint density at radius 1 is 1.22 bits per heavy atom. The van der Waals surface area contributed by atoms with Gasteiger partial charge in [-0.05, 0) is 35.2 Å². The van der Waals surface area contributed by atoms with Gasteiger partial charge in [0.15, 0.2) is 0 Å². The second-order valence-corrected chi connectivity index (χ2v) is 9.51. The van der Waals surface area contributed by atoms with Crippen LogP contribution >= 0.6 is 11.6 Å². The van der Waals surface area contributed by atoms with Crippen LogP contribution in [0.15, 0.2) is 35.3 Å². The number of pyridine rings is 1. The number of hydrogen-bond acceptors (Lipinski definition) is 6. The highest BCUT2D eigenvalue weighted by atomic mass is 35.5. The molecule has 3 aromatic rings. The largest absolute Gasteiger partial charge is 0.496 e. The van der Waals surface area contributed by atoms with Crippen molar-refractivity contribution in [3.05, 3.63) is 68.2 Å². The molecule has 11 heteroatoms. The summed E-state index contributed by atoms with van der Waals surface area (Å²) in [6.07, 6.45) is 0.596. The number of carboxylic acid groups (broad SMARTS) is 1. The number of nitrogens with zero attached hydrogens (tertiary/aromatic N) is 2. The fourth-order valence-electron chi connectivity index (χ4n) is 4.54. The lowest BCUT2D eigenvalue weighted by Crippen LogP contribution is -2.25. The molecule has 0 unspecified atom stereocenters. The molecule has 0 aliphatic carbocycles. The maximum Gasteiger partial charge on any atom is 0.414 e. The van der Waals surface area contributed by atoms with Crippen LogP contribution in [-0.4, -0.2) is 53.7 Å². The lowest BCUT2D eigenvalue weighted by molar-refractivity contribution is 0.0693. The Bertz CT molecular complexity index is 1450. The van der Waals surface area contributed by atoms with Crippen LogP contribution in [0.3, 0.4) is 0 Å². The van der Waals surface area contributed by atoms with Gasteiger partial charge in [-0.3, -0.25) is 9.69 Å². The zero-order valence-electron chi connectivity index (χ0n) is 20.5. The van der Waals surface area contributed by atoms with Gasteiger partial charge in [0.2, 0.25) is 5.43 Å². The Balaban J connectivity index is 1.91. The van der Waals surface area contributed by atoms with E-state index in [1.807, 2.05) is 13.8 Å². The SMILES string of the molecule is COc1cc2c(cc1Cc1cc(N3CCOC3=O)cc(Cl)c1F)c(=O)c(C(=O)O)cn2[C@H](CO)C(C)C. The van der Waals surface area contributed by atoms with Crippen molar-refractivity contribution in [2.75, 3.05) is 31.8 Å². The number of carbonyl (C=O) groups is 2. The predicted octanol–water partition coefficient (Wildman–Crippen LogP) is 4.24. The van der Waals surface area contributed by atoms with E-state index in [-0.39, 0.29) is 41.5 Å². The molecule has 2 heterocycles. The molecule has 9 nitrogen and oxygen atoms in total. The van der Waals surface area contributed by atoms with Gasteiger partial charge in [0, 0.05) is 29.8 Å². The predicted molar refractivity (Wildman–Crippen MR) is 136 cm³/mol. The van der Waals surface area contributed by atoms with E-state index in [1.165, 1.54) is 36.4 Å². The van der Waals surface area contributed by atoms with Crippen LogP contribution in [0.5, 0.6) is 5.75 Å². The molecule has 4 rings (SSSR count). The number of carboxylic acids is 1. The molecule has 2 aromatic carbocycles. The summed E-state index contributed by atoms with van der Waals surface area (Å²) in [6, 6.07) is 5.35. The Morgan fingerprint density at radius 2 is 1.95 bits per heavy atom. The minimum absolute atomic E-state index is 0.0637. The van der Waals surface area contributed by atoms with Crippen molar-refractivity contribution in [2.24, 2.45) is 5.92 Å². The Labute approximate surface area is 216 Å². The van der Waals surface area contributed by atoms with Crippen LogP contribution in [0, 0.1) is 11.7 Å². The van der Waals surface area contributed by atoms with Crippen molar-refractivity contribution in [1.82, 2.24) is 4.57 Å². The van der Waals surface area contributed by atoms with Crippen LogP contribution in [0.4, 0.5) is 14.9 Å². The Kier molecular flexibility index (Phi) is 7.42. The molecule has 37 heavy (non-hydrogen) atoms. The molecule has 0 radical (unpaired) electrons. The monoisotopic (exact) mass is 532 g/mol. The van der Waals surface area contributed by atoms with E-state index in [2.05, 4.69) is 0 Å². The number of methoxy groups -OCH3 is 1. The summed E-state index contributed by atoms with van der Waals surface area (Å²) in [5, 5.41) is 19.6. The van der Waals surface area contributed by atoms with Crippen molar-refractivity contribution in [3.63, 3.8) is 0 Å². The Morgan fingerprint density at radius 3 is 2.51 bits per heavy atom. The van der Waals surface area contributed by atoms with E-state index in [1.54, 1.807) is 10.6 Å². The quantitative estimate of drug-likeness (QED) is 0.445. The number of carbonyl (C=O) groups excluding carboxylic acids is 1. The average Bonchev–Trinajstić information content (AvgIpc) is 3.28. The maximum atomic E-state index is 15.1. The molecular formula is C26H26ClFN2O7. The number of aliphatic hydroxyl groups is 1. The van der Waals surface area contributed by atoms with Crippen LogP contribution in [0.1, 0.15) is 41.4 Å². The smallest absolute Gasteiger partial charge is 0.414 e. The molecule has 1 fully saturated rings. The average molecular weight is 533 g/mol. The summed E-state index contributed by atoms with van der Waals surface area (Å²) in [6.45, 7) is 3.94. The van der Waals surface area contributed by atoms with Gasteiger partial charge in [-0.15, -0.1) is 0 Å². The third-order valence-electron chi connectivity index (χ3n) is 6.52. The standard InChI is InChI=1S/C26H26ClFN2O7/c1-13(2)21(12-31)30-11-18(25(33)34)24(32)17-8-14(22(36-3)10-20(17)30)6-15-7-16(9-19(27)23(15)28)29-4-5-37-26(29)35/h7-11,13,21,31H,4-6,12H2,1-3H3,(H,33,34)/t21-/m1/s1. The summed E-state index contributed by atoms with van der Waals surface area (Å²) in [7, 11) is 1.42. The van der Waals surface area contributed by atoms with Crippen molar-refractivity contribution in [3.8, 4) is 5.75 Å². The summed E-state index contributed by atoms with van der Waals surface area (Å²) in [5.74, 6) is -1.86. The van der Waals surface area contributed by atoms with Gasteiger partial charge >= 0.3 is 12.1 Å². The summed E-state index contributed by atoms with van der Waals surface area (Å²) < 4.78 is 27.2. The van der Waals surface area contributed by atoms with E-state index >= 15 is 4.39 Å². The minimum Gasteiger partial charge on any atom is -0.496 e. The molecular weight excluding hydrogens is 507 g/mol. The molecule has 1 atom stereocenters. The summed E-state index contributed by atoms with van der Waals surface area (Å²) >= 11 is 6.13. The topological polar surface area (TPSA) is 118 Å². The molecule has 0 bridgehead atoms. The van der Waals surface area contributed by atoms with Gasteiger partial charge in [-0.2, -0.15) is 0 Å². The Hall–Kier alpha value is -3.63. The van der Waals surface area contributed by atoms with Gasteiger partial charge in [0.25, 0.3) is 0 Å². The van der Waals surface area contributed by atoms with E-state index in [0.29, 0.717) is 29.1 Å². The number of fused-ring (bicyclic) bond motifs is 1. The number of amides is 1. The second-order valence-electron chi connectivity index (χ2n) is 9.10. The van der Waals surface area contributed by atoms with E-state index in [9.17, 15) is 24.6 Å². The van der Waals surface area contributed by atoms with Crippen molar-refractivity contribution in [2.45, 2.75) is 26.3 Å². The summed E-state index contributed by atoms with van der Waals surface area (Å²) in [4.78, 5) is 38.4. The molecule has 1 aromatic heterocycles. The second kappa shape index (κ2) is 10.4. The number of aromatic carboxylic acids is 1. The lowest BCUT2D eigenvalue weighted by atomic mass is 9.98. The first-order chi connectivity index (χ1) is 17.6. The highest BCUT2D eigenvalue weighted by molar-refractivity contribution is 6.31. The lowest BCUT2D eigenvalue weighted by Gasteiger charge is -2.25. The van der Waals surface area contributed by atoms with Crippen molar-refractivity contribution in [1.29, 1.82) is 0 Å². The molecule has 1 saturated heterocycles. The molecule has 2 N–H and O–H groups in total. The van der Waals surface area contributed by atoms with Gasteiger partial charge in [-0.1, -0.05) is 25.4 Å². The normalized spacial score (nSPS) is 14.4. The van der Waals surface area contributed by atoms with E-state index < -0.39 is 34.9 Å². The molecule has 196 valence electrons. The fourth-order valence-corrected chi connectivity index (χ4v) is 4.78. The zero-order chi connectivity index (χ0) is 27.0. The summed E-state index contributed by atoms with van der Waals surface area (Å²) in [5.41, 5.74) is 0.117. The third-order valence-corrected chi connectivity index (χ3v) is 6.80. The number of aliphatic hydroxyl groups excluding tert-OH is 1. The molecule has 0 spiro atoms.